The highest BCUT2D eigenvalue weighted by Gasteiger charge is 2.27. The number of nitro benzene ring substituents is 1. The Bertz CT molecular complexity index is 953. The standard InChI is InChI=1S/C20H19ClF2N2O6/c1-11(2)17(24-18(26)13-5-8-15(21)16(9-13)25(28)29)19(27)30-10-12-3-6-14(7-4-12)31-20(22)23/h3-9,11,17,20H,10H2,1-2H3,(H,24,26)/t17-/m0/s1. The van der Waals surface area contributed by atoms with Crippen LogP contribution in [0.15, 0.2) is 42.5 Å². The van der Waals surface area contributed by atoms with Crippen LogP contribution in [-0.2, 0) is 16.1 Å². The summed E-state index contributed by atoms with van der Waals surface area (Å²) in [6.07, 6.45) is 0. The van der Waals surface area contributed by atoms with Gasteiger partial charge in [0.05, 0.1) is 4.92 Å². The minimum Gasteiger partial charge on any atom is -0.459 e. The van der Waals surface area contributed by atoms with Gasteiger partial charge in [0.25, 0.3) is 11.6 Å². The van der Waals surface area contributed by atoms with E-state index >= 15 is 0 Å². The van der Waals surface area contributed by atoms with Gasteiger partial charge in [-0.15, -0.1) is 0 Å². The van der Waals surface area contributed by atoms with Crippen molar-refractivity contribution in [1.29, 1.82) is 0 Å². The zero-order chi connectivity index (χ0) is 23.1. The minimum absolute atomic E-state index is 0.0329. The van der Waals surface area contributed by atoms with Crippen LogP contribution < -0.4 is 10.1 Å². The molecule has 0 heterocycles. The summed E-state index contributed by atoms with van der Waals surface area (Å²) in [4.78, 5) is 35.2. The van der Waals surface area contributed by atoms with Crippen molar-refractivity contribution in [3.05, 3.63) is 68.7 Å². The first-order chi connectivity index (χ1) is 14.6. The van der Waals surface area contributed by atoms with Crippen molar-refractivity contribution in [1.82, 2.24) is 5.32 Å². The molecule has 0 fully saturated rings. The van der Waals surface area contributed by atoms with Crippen molar-refractivity contribution in [2.75, 3.05) is 0 Å². The molecule has 0 aliphatic carbocycles. The summed E-state index contributed by atoms with van der Waals surface area (Å²) in [5.74, 6) is -1.81. The number of esters is 1. The second-order valence-corrected chi connectivity index (χ2v) is 7.16. The van der Waals surface area contributed by atoms with E-state index < -0.39 is 35.1 Å². The molecule has 0 spiro atoms. The van der Waals surface area contributed by atoms with Crippen molar-refractivity contribution in [2.24, 2.45) is 5.92 Å². The topological polar surface area (TPSA) is 108 Å². The van der Waals surface area contributed by atoms with Crippen molar-refractivity contribution in [2.45, 2.75) is 33.1 Å². The number of rotatable bonds is 9. The molecule has 0 saturated heterocycles. The Morgan fingerprint density at radius 1 is 1.16 bits per heavy atom. The van der Waals surface area contributed by atoms with E-state index in [1.54, 1.807) is 13.8 Å². The number of nitrogens with zero attached hydrogens (tertiary/aromatic N) is 1. The number of carbonyl (C=O) groups excluding carboxylic acids is 2. The number of benzene rings is 2. The molecule has 0 unspecified atom stereocenters. The van der Waals surface area contributed by atoms with E-state index in [1.807, 2.05) is 0 Å². The van der Waals surface area contributed by atoms with E-state index in [4.69, 9.17) is 16.3 Å². The zero-order valence-electron chi connectivity index (χ0n) is 16.5. The van der Waals surface area contributed by atoms with Crippen LogP contribution in [0.2, 0.25) is 5.02 Å². The highest BCUT2D eigenvalue weighted by Crippen LogP contribution is 2.25. The number of ether oxygens (including phenoxy) is 2. The lowest BCUT2D eigenvalue weighted by Crippen LogP contribution is -2.45. The molecule has 0 saturated carbocycles. The minimum atomic E-state index is -2.94. The quantitative estimate of drug-likeness (QED) is 0.341. The summed E-state index contributed by atoms with van der Waals surface area (Å²) in [7, 11) is 0. The highest BCUT2D eigenvalue weighted by atomic mass is 35.5. The first-order valence-corrected chi connectivity index (χ1v) is 9.41. The molecule has 2 aromatic rings. The monoisotopic (exact) mass is 456 g/mol. The summed E-state index contributed by atoms with van der Waals surface area (Å²) in [6.45, 7) is 0.278. The molecule has 2 aromatic carbocycles. The van der Waals surface area contributed by atoms with Gasteiger partial charge in [-0.3, -0.25) is 14.9 Å². The molecule has 1 N–H and O–H groups in total. The van der Waals surface area contributed by atoms with Crippen molar-refractivity contribution < 1.29 is 32.8 Å². The third kappa shape index (κ3) is 6.88. The van der Waals surface area contributed by atoms with E-state index in [0.717, 1.165) is 6.07 Å². The number of hydrogen-bond acceptors (Lipinski definition) is 6. The van der Waals surface area contributed by atoms with E-state index in [2.05, 4.69) is 10.1 Å². The van der Waals surface area contributed by atoms with E-state index in [1.165, 1.54) is 36.4 Å². The second kappa shape index (κ2) is 10.7. The Morgan fingerprint density at radius 3 is 2.35 bits per heavy atom. The van der Waals surface area contributed by atoms with E-state index in [0.29, 0.717) is 5.56 Å². The van der Waals surface area contributed by atoms with Gasteiger partial charge in [0.15, 0.2) is 0 Å². The van der Waals surface area contributed by atoms with Gasteiger partial charge in [0.2, 0.25) is 0 Å². The lowest BCUT2D eigenvalue weighted by atomic mass is 10.0. The first kappa shape index (κ1) is 24.0. The Hall–Kier alpha value is -3.27. The largest absolute Gasteiger partial charge is 0.459 e. The predicted molar refractivity (Wildman–Crippen MR) is 107 cm³/mol. The lowest BCUT2D eigenvalue weighted by Gasteiger charge is -2.21. The Kier molecular flexibility index (Phi) is 8.26. The molecule has 1 atom stereocenters. The SMILES string of the molecule is CC(C)[C@H](NC(=O)c1ccc(Cl)c([N+](=O)[O-])c1)C(=O)OCc1ccc(OC(F)F)cc1. The van der Waals surface area contributed by atoms with E-state index in [-0.39, 0.29) is 28.9 Å². The maximum atomic E-state index is 12.5. The van der Waals surface area contributed by atoms with Crippen molar-refractivity contribution in [3.8, 4) is 5.75 Å². The number of halogens is 3. The number of nitrogens with one attached hydrogen (secondary N) is 1. The molecule has 166 valence electrons. The van der Waals surface area contributed by atoms with Crippen LogP contribution in [0.25, 0.3) is 0 Å². The van der Waals surface area contributed by atoms with Crippen LogP contribution in [0.1, 0.15) is 29.8 Å². The first-order valence-electron chi connectivity index (χ1n) is 9.03. The average Bonchev–Trinajstić information content (AvgIpc) is 2.70. The maximum Gasteiger partial charge on any atom is 0.387 e. The fraction of sp³-hybridized carbons (Fsp3) is 0.300. The molecular weight excluding hydrogens is 438 g/mol. The fourth-order valence-corrected chi connectivity index (χ4v) is 2.71. The van der Waals surface area contributed by atoms with Gasteiger partial charge in [0, 0.05) is 11.6 Å². The number of amides is 1. The molecule has 0 aliphatic rings. The van der Waals surface area contributed by atoms with Gasteiger partial charge in [-0.25, -0.2) is 4.79 Å². The highest BCUT2D eigenvalue weighted by molar-refractivity contribution is 6.32. The van der Waals surface area contributed by atoms with Crippen LogP contribution >= 0.6 is 11.6 Å². The predicted octanol–water partition coefficient (Wildman–Crippen LogP) is 4.35. The Balaban J connectivity index is 2.03. The molecule has 1 amide bonds. The number of alkyl halides is 2. The fourth-order valence-electron chi connectivity index (χ4n) is 2.53. The summed E-state index contributed by atoms with van der Waals surface area (Å²) in [5.41, 5.74) is 0.0542. The van der Waals surface area contributed by atoms with E-state index in [9.17, 15) is 28.5 Å². The van der Waals surface area contributed by atoms with Crippen LogP contribution in [0.3, 0.4) is 0 Å². The van der Waals surface area contributed by atoms with Crippen LogP contribution in [0, 0.1) is 16.0 Å². The maximum absolute atomic E-state index is 12.5. The lowest BCUT2D eigenvalue weighted by molar-refractivity contribution is -0.384. The molecule has 11 heteroatoms. The molecule has 8 nitrogen and oxygen atoms in total. The summed E-state index contributed by atoms with van der Waals surface area (Å²) < 4.78 is 33.8. The molecular formula is C20H19ClF2N2O6. The molecule has 0 radical (unpaired) electrons. The number of hydrogen-bond donors (Lipinski definition) is 1. The normalized spacial score (nSPS) is 11.8. The third-order valence-corrected chi connectivity index (χ3v) is 4.46. The summed E-state index contributed by atoms with van der Waals surface area (Å²) >= 11 is 5.74. The van der Waals surface area contributed by atoms with Gasteiger partial charge in [-0.2, -0.15) is 8.78 Å². The van der Waals surface area contributed by atoms with Crippen LogP contribution in [0.4, 0.5) is 14.5 Å². The second-order valence-electron chi connectivity index (χ2n) is 6.75. The zero-order valence-corrected chi connectivity index (χ0v) is 17.3. The van der Waals surface area contributed by atoms with Gasteiger partial charge >= 0.3 is 12.6 Å². The Morgan fingerprint density at radius 2 is 1.81 bits per heavy atom. The van der Waals surface area contributed by atoms with Crippen molar-refractivity contribution in [3.63, 3.8) is 0 Å². The molecule has 2 rings (SSSR count). The average molecular weight is 457 g/mol. The summed E-state index contributed by atoms with van der Waals surface area (Å²) in [6, 6.07) is 8.05. The van der Waals surface area contributed by atoms with Gasteiger partial charge in [-0.1, -0.05) is 37.6 Å². The smallest absolute Gasteiger partial charge is 0.387 e. The molecule has 0 aromatic heterocycles. The van der Waals surface area contributed by atoms with Gasteiger partial charge in [-0.05, 0) is 35.7 Å². The number of nitro groups is 1. The molecule has 31 heavy (non-hydrogen) atoms. The van der Waals surface area contributed by atoms with Crippen LogP contribution in [0.5, 0.6) is 5.75 Å². The van der Waals surface area contributed by atoms with Crippen LogP contribution in [-0.4, -0.2) is 29.5 Å². The number of carbonyl (C=O) groups is 2. The molecule has 0 aliphatic heterocycles. The van der Waals surface area contributed by atoms with Gasteiger partial charge in [0.1, 0.15) is 23.4 Å². The van der Waals surface area contributed by atoms with Crippen molar-refractivity contribution >= 4 is 29.2 Å². The Labute approximate surface area is 181 Å². The summed E-state index contributed by atoms with van der Waals surface area (Å²) in [5, 5.41) is 13.4. The third-order valence-electron chi connectivity index (χ3n) is 4.14. The molecule has 0 bridgehead atoms. The van der Waals surface area contributed by atoms with Gasteiger partial charge < -0.3 is 14.8 Å².